The van der Waals surface area contributed by atoms with Gasteiger partial charge in [-0.2, -0.15) is 0 Å². The molecule has 0 saturated carbocycles. The quantitative estimate of drug-likeness (QED) is 0.624. The van der Waals surface area contributed by atoms with Gasteiger partial charge >= 0.3 is 0 Å². The molecular formula is C22H22FN3O2. The fourth-order valence-corrected chi connectivity index (χ4v) is 3.26. The average molecular weight is 379 g/mol. The van der Waals surface area contributed by atoms with Gasteiger partial charge in [0, 0.05) is 36.6 Å². The van der Waals surface area contributed by atoms with Crippen LogP contribution in [-0.4, -0.2) is 25.2 Å². The Kier molecular flexibility index (Phi) is 5.28. The molecule has 144 valence electrons. The lowest BCUT2D eigenvalue weighted by Gasteiger charge is -2.18. The summed E-state index contributed by atoms with van der Waals surface area (Å²) < 4.78 is 24.5. The molecule has 1 aliphatic heterocycles. The molecule has 4 rings (SSSR count). The van der Waals surface area contributed by atoms with Gasteiger partial charge < -0.3 is 19.7 Å². The van der Waals surface area contributed by atoms with Crippen LogP contribution in [0.1, 0.15) is 12.8 Å². The predicted molar refractivity (Wildman–Crippen MR) is 108 cm³/mol. The molecule has 1 aromatic heterocycles. The first-order chi connectivity index (χ1) is 13.7. The Labute approximate surface area is 163 Å². The number of rotatable bonds is 6. The molecule has 0 spiro atoms. The summed E-state index contributed by atoms with van der Waals surface area (Å²) in [5.74, 6) is 1.85. The molecule has 0 radical (unpaired) electrons. The summed E-state index contributed by atoms with van der Waals surface area (Å²) in [5, 5.41) is 3.12. The maximum atomic E-state index is 13.5. The normalized spacial score (nSPS) is 13.4. The van der Waals surface area contributed by atoms with E-state index in [2.05, 4.69) is 27.3 Å². The largest absolute Gasteiger partial charge is 0.494 e. The van der Waals surface area contributed by atoms with Crippen LogP contribution in [0, 0.1) is 5.82 Å². The monoisotopic (exact) mass is 379 g/mol. The van der Waals surface area contributed by atoms with Gasteiger partial charge in [0.05, 0.1) is 13.3 Å². The van der Waals surface area contributed by atoms with Gasteiger partial charge in [-0.15, -0.1) is 0 Å². The first-order valence-corrected chi connectivity index (χ1v) is 9.31. The van der Waals surface area contributed by atoms with Crippen molar-refractivity contribution in [3.63, 3.8) is 0 Å². The van der Waals surface area contributed by atoms with Gasteiger partial charge in [0.1, 0.15) is 17.3 Å². The molecule has 1 saturated heterocycles. The minimum Gasteiger partial charge on any atom is -0.494 e. The Morgan fingerprint density at radius 2 is 1.86 bits per heavy atom. The Morgan fingerprint density at radius 1 is 1.00 bits per heavy atom. The van der Waals surface area contributed by atoms with E-state index >= 15 is 0 Å². The molecule has 5 nitrogen and oxygen atoms in total. The number of nitrogens with zero attached hydrogens (tertiary/aromatic N) is 2. The predicted octanol–water partition coefficient (Wildman–Crippen LogP) is 5.37. The van der Waals surface area contributed by atoms with Crippen molar-refractivity contribution in [2.45, 2.75) is 12.8 Å². The smallest absolute Gasteiger partial charge is 0.165 e. The third-order valence-corrected chi connectivity index (χ3v) is 4.68. The van der Waals surface area contributed by atoms with E-state index in [0.29, 0.717) is 17.3 Å². The highest BCUT2D eigenvalue weighted by Crippen LogP contribution is 2.29. The molecule has 28 heavy (non-hydrogen) atoms. The van der Waals surface area contributed by atoms with Gasteiger partial charge in [0.2, 0.25) is 0 Å². The van der Waals surface area contributed by atoms with E-state index in [1.165, 1.54) is 31.7 Å². The molecule has 2 aromatic carbocycles. The number of ether oxygens (including phenoxy) is 2. The second-order valence-corrected chi connectivity index (χ2v) is 6.65. The molecule has 1 aliphatic rings. The Morgan fingerprint density at radius 3 is 2.61 bits per heavy atom. The highest BCUT2D eigenvalue weighted by molar-refractivity contribution is 5.59. The fraction of sp³-hybridized carbons (Fsp3) is 0.227. The minimum atomic E-state index is -0.402. The summed E-state index contributed by atoms with van der Waals surface area (Å²) in [6, 6.07) is 16.4. The van der Waals surface area contributed by atoms with Crippen molar-refractivity contribution in [2.24, 2.45) is 0 Å². The molecule has 0 amide bonds. The van der Waals surface area contributed by atoms with E-state index < -0.39 is 5.82 Å². The number of hydrogen-bond acceptors (Lipinski definition) is 5. The van der Waals surface area contributed by atoms with Crippen LogP contribution < -0.4 is 19.7 Å². The number of nitrogens with one attached hydrogen (secondary N) is 1. The average Bonchev–Trinajstić information content (AvgIpc) is 3.26. The SMILES string of the molecule is COc1cc(Nc2ccc(Oc3cccc(N4CCCC4)c3)cn2)ccc1F. The highest BCUT2D eigenvalue weighted by Gasteiger charge is 2.13. The van der Waals surface area contributed by atoms with Crippen LogP contribution in [0.15, 0.2) is 60.8 Å². The van der Waals surface area contributed by atoms with Crippen LogP contribution in [0.4, 0.5) is 21.6 Å². The Balaban J connectivity index is 1.43. The van der Waals surface area contributed by atoms with Crippen molar-refractivity contribution in [1.82, 2.24) is 4.98 Å². The van der Waals surface area contributed by atoms with E-state index in [0.717, 1.165) is 18.8 Å². The topological polar surface area (TPSA) is 46.6 Å². The zero-order valence-electron chi connectivity index (χ0n) is 15.7. The molecule has 0 atom stereocenters. The van der Waals surface area contributed by atoms with Crippen LogP contribution >= 0.6 is 0 Å². The molecule has 3 aromatic rings. The number of anilines is 3. The van der Waals surface area contributed by atoms with Crippen molar-refractivity contribution in [3.05, 3.63) is 66.6 Å². The maximum Gasteiger partial charge on any atom is 0.165 e. The van der Waals surface area contributed by atoms with E-state index in [4.69, 9.17) is 9.47 Å². The second kappa shape index (κ2) is 8.17. The second-order valence-electron chi connectivity index (χ2n) is 6.65. The van der Waals surface area contributed by atoms with Crippen LogP contribution in [0.25, 0.3) is 0 Å². The third-order valence-electron chi connectivity index (χ3n) is 4.68. The van der Waals surface area contributed by atoms with E-state index in [1.807, 2.05) is 24.3 Å². The van der Waals surface area contributed by atoms with Crippen LogP contribution in [0.3, 0.4) is 0 Å². The van der Waals surface area contributed by atoms with Crippen molar-refractivity contribution in [1.29, 1.82) is 0 Å². The van der Waals surface area contributed by atoms with E-state index in [1.54, 1.807) is 18.3 Å². The minimum absolute atomic E-state index is 0.183. The van der Waals surface area contributed by atoms with Gasteiger partial charge in [-0.05, 0) is 49.2 Å². The highest BCUT2D eigenvalue weighted by atomic mass is 19.1. The molecule has 0 unspecified atom stereocenters. The van der Waals surface area contributed by atoms with Crippen molar-refractivity contribution >= 4 is 17.2 Å². The molecule has 0 bridgehead atoms. The molecule has 0 aliphatic carbocycles. The Hall–Kier alpha value is -3.28. The van der Waals surface area contributed by atoms with E-state index in [9.17, 15) is 4.39 Å². The van der Waals surface area contributed by atoms with Gasteiger partial charge in [0.15, 0.2) is 11.6 Å². The zero-order chi connectivity index (χ0) is 19.3. The van der Waals surface area contributed by atoms with Crippen LogP contribution in [0.2, 0.25) is 0 Å². The molecule has 1 fully saturated rings. The molecular weight excluding hydrogens is 357 g/mol. The molecule has 6 heteroatoms. The van der Waals surface area contributed by atoms with Gasteiger partial charge in [-0.25, -0.2) is 9.37 Å². The first-order valence-electron chi connectivity index (χ1n) is 9.31. The number of methoxy groups -OCH3 is 1. The summed E-state index contributed by atoms with van der Waals surface area (Å²) in [6.45, 7) is 2.19. The number of hydrogen-bond donors (Lipinski definition) is 1. The third kappa shape index (κ3) is 4.17. The summed E-state index contributed by atoms with van der Waals surface area (Å²) in [4.78, 5) is 6.74. The van der Waals surface area contributed by atoms with Gasteiger partial charge in [-0.3, -0.25) is 0 Å². The summed E-state index contributed by atoms with van der Waals surface area (Å²) in [7, 11) is 1.44. The number of aromatic nitrogens is 1. The van der Waals surface area contributed by atoms with Crippen LogP contribution in [-0.2, 0) is 0 Å². The first kappa shape index (κ1) is 18.1. The summed E-state index contributed by atoms with van der Waals surface area (Å²) in [6.07, 6.45) is 4.14. The molecule has 2 heterocycles. The maximum absolute atomic E-state index is 13.5. The summed E-state index contributed by atoms with van der Waals surface area (Å²) in [5.41, 5.74) is 1.88. The van der Waals surface area contributed by atoms with Crippen molar-refractivity contribution < 1.29 is 13.9 Å². The number of pyridine rings is 1. The number of benzene rings is 2. The lowest BCUT2D eigenvalue weighted by molar-refractivity contribution is 0.387. The number of halogens is 1. The lowest BCUT2D eigenvalue weighted by Crippen LogP contribution is -2.17. The van der Waals surface area contributed by atoms with Gasteiger partial charge in [-0.1, -0.05) is 6.07 Å². The molecule has 1 N–H and O–H groups in total. The Bertz CT molecular complexity index is 941. The fourth-order valence-electron chi connectivity index (χ4n) is 3.26. The van der Waals surface area contributed by atoms with E-state index in [-0.39, 0.29) is 5.75 Å². The summed E-state index contributed by atoms with van der Waals surface area (Å²) >= 11 is 0. The van der Waals surface area contributed by atoms with Crippen LogP contribution in [0.5, 0.6) is 17.2 Å². The van der Waals surface area contributed by atoms with Crippen molar-refractivity contribution in [2.75, 3.05) is 30.4 Å². The van der Waals surface area contributed by atoms with Crippen molar-refractivity contribution in [3.8, 4) is 17.2 Å². The van der Waals surface area contributed by atoms with Gasteiger partial charge in [0.25, 0.3) is 0 Å². The zero-order valence-corrected chi connectivity index (χ0v) is 15.7. The lowest BCUT2D eigenvalue weighted by atomic mass is 10.2. The standard InChI is InChI=1S/C22H22FN3O2/c1-27-21-13-16(7-9-20(21)23)25-22-10-8-19(15-24-22)28-18-6-4-5-17(14-18)26-11-2-3-12-26/h4-10,13-15H,2-3,11-12H2,1H3,(H,24,25).